The molecule has 0 bridgehead atoms. The average Bonchev–Trinajstić information content (AvgIpc) is 2.02. The molecule has 0 amide bonds. The van der Waals surface area contributed by atoms with Gasteiger partial charge < -0.3 is 5.11 Å². The van der Waals surface area contributed by atoms with Crippen molar-refractivity contribution in [1.82, 2.24) is 0 Å². The van der Waals surface area contributed by atoms with Crippen LogP contribution in [-0.2, 0) is 0 Å². The summed E-state index contributed by atoms with van der Waals surface area (Å²) in [5.74, 6) is 0.320. The van der Waals surface area contributed by atoms with Crippen LogP contribution in [0.3, 0.4) is 0 Å². The minimum Gasteiger partial charge on any atom is -0.393 e. The molecule has 0 aromatic rings. The third-order valence-electron chi connectivity index (χ3n) is 3.56. The predicted octanol–water partition coefficient (Wildman–Crippen LogP) is 1.84. The second-order valence-electron chi connectivity index (χ2n) is 4.47. The number of hydrogen-bond acceptors (Lipinski definition) is 2. The van der Waals surface area contributed by atoms with Gasteiger partial charge in [-0.1, -0.05) is 0 Å². The number of aliphatic hydroxyl groups excluding tert-OH is 1. The van der Waals surface area contributed by atoms with Gasteiger partial charge in [0.1, 0.15) is 0 Å². The van der Waals surface area contributed by atoms with Crippen LogP contribution in [0, 0.1) is 22.7 Å². The van der Waals surface area contributed by atoms with Crippen LogP contribution in [-0.4, -0.2) is 11.2 Å². The quantitative estimate of drug-likeness (QED) is 0.595. The van der Waals surface area contributed by atoms with Gasteiger partial charge in [-0.05, 0) is 43.9 Å². The molecule has 0 radical (unpaired) electrons. The van der Waals surface area contributed by atoms with Gasteiger partial charge in [0.2, 0.25) is 0 Å². The molecule has 66 valence electrons. The third-order valence-corrected chi connectivity index (χ3v) is 3.56. The summed E-state index contributed by atoms with van der Waals surface area (Å²) in [6.45, 7) is 0. The van der Waals surface area contributed by atoms with Crippen molar-refractivity contribution in [1.29, 1.82) is 5.26 Å². The Balaban J connectivity index is 1.88. The molecule has 0 unspecified atom stereocenters. The first-order valence-corrected chi connectivity index (χ1v) is 4.82. The smallest absolute Gasteiger partial charge is 0.0656 e. The van der Waals surface area contributed by atoms with E-state index in [1.54, 1.807) is 0 Å². The monoisotopic (exact) mass is 165 g/mol. The van der Waals surface area contributed by atoms with Gasteiger partial charge in [-0.15, -0.1) is 0 Å². The summed E-state index contributed by atoms with van der Waals surface area (Å²) >= 11 is 0. The summed E-state index contributed by atoms with van der Waals surface area (Å²) in [4.78, 5) is 0. The van der Waals surface area contributed by atoms with Crippen molar-refractivity contribution < 1.29 is 5.11 Å². The molecule has 2 fully saturated rings. The number of aliphatic hydroxyl groups is 1. The van der Waals surface area contributed by atoms with Crippen LogP contribution in [0.15, 0.2) is 0 Å². The molecule has 1 spiro atoms. The first-order chi connectivity index (χ1) is 5.74. The molecule has 2 saturated carbocycles. The van der Waals surface area contributed by atoms with Crippen LogP contribution in [0.4, 0.5) is 0 Å². The van der Waals surface area contributed by atoms with Crippen LogP contribution in [0.25, 0.3) is 0 Å². The summed E-state index contributed by atoms with van der Waals surface area (Å²) in [6, 6.07) is 2.32. The number of hydrogen-bond donors (Lipinski definition) is 1. The molecule has 2 nitrogen and oxygen atoms in total. The zero-order chi connectivity index (χ0) is 8.60. The van der Waals surface area contributed by atoms with Crippen molar-refractivity contribution in [3.8, 4) is 6.07 Å². The summed E-state index contributed by atoms with van der Waals surface area (Å²) in [6.07, 6.45) is 6.33. The fourth-order valence-corrected chi connectivity index (χ4v) is 2.70. The molecule has 0 aromatic carbocycles. The van der Waals surface area contributed by atoms with Crippen LogP contribution < -0.4 is 0 Å². The first kappa shape index (κ1) is 8.07. The second-order valence-corrected chi connectivity index (χ2v) is 4.47. The predicted molar refractivity (Wildman–Crippen MR) is 45.2 cm³/mol. The minimum absolute atomic E-state index is 0.0586. The molecule has 2 aliphatic rings. The molecular weight excluding hydrogens is 150 g/mol. The Bertz CT molecular complexity index is 202. The topological polar surface area (TPSA) is 44.0 Å². The molecule has 2 heteroatoms. The Kier molecular flexibility index (Phi) is 1.84. The fraction of sp³-hybridized carbons (Fsp3) is 0.900. The largest absolute Gasteiger partial charge is 0.393 e. The van der Waals surface area contributed by atoms with Crippen molar-refractivity contribution in [2.75, 3.05) is 0 Å². The molecule has 0 saturated heterocycles. The van der Waals surface area contributed by atoms with Crippen molar-refractivity contribution in [2.24, 2.45) is 11.3 Å². The van der Waals surface area contributed by atoms with E-state index in [1.807, 2.05) is 0 Å². The lowest BCUT2D eigenvalue weighted by atomic mass is 9.56. The van der Waals surface area contributed by atoms with E-state index < -0.39 is 0 Å². The van der Waals surface area contributed by atoms with Crippen LogP contribution in [0.5, 0.6) is 0 Å². The van der Waals surface area contributed by atoms with Gasteiger partial charge in [-0.3, -0.25) is 0 Å². The fourth-order valence-electron chi connectivity index (χ4n) is 2.70. The average molecular weight is 165 g/mol. The maximum Gasteiger partial charge on any atom is 0.0656 e. The van der Waals surface area contributed by atoms with Gasteiger partial charge >= 0.3 is 0 Å². The van der Waals surface area contributed by atoms with Crippen molar-refractivity contribution in [3.05, 3.63) is 0 Å². The highest BCUT2D eigenvalue weighted by atomic mass is 16.3. The Morgan fingerprint density at radius 3 is 2.33 bits per heavy atom. The van der Waals surface area contributed by atoms with E-state index in [1.165, 1.54) is 0 Å². The van der Waals surface area contributed by atoms with E-state index in [4.69, 9.17) is 5.26 Å². The number of rotatable bonds is 0. The Labute approximate surface area is 73.2 Å². The van der Waals surface area contributed by atoms with E-state index in [-0.39, 0.29) is 6.10 Å². The maximum absolute atomic E-state index is 9.32. The van der Waals surface area contributed by atoms with Crippen LogP contribution in [0.2, 0.25) is 0 Å². The first-order valence-electron chi connectivity index (χ1n) is 4.82. The van der Waals surface area contributed by atoms with Gasteiger partial charge in [-0.25, -0.2) is 0 Å². The van der Waals surface area contributed by atoms with E-state index in [9.17, 15) is 5.11 Å². The zero-order valence-electron chi connectivity index (χ0n) is 7.29. The molecule has 12 heavy (non-hydrogen) atoms. The highest BCUT2D eigenvalue weighted by Crippen LogP contribution is 2.54. The van der Waals surface area contributed by atoms with Crippen molar-refractivity contribution in [3.63, 3.8) is 0 Å². The second kappa shape index (κ2) is 2.74. The Morgan fingerprint density at radius 2 is 1.83 bits per heavy atom. The number of nitrogens with zero attached hydrogens (tertiary/aromatic N) is 1. The van der Waals surface area contributed by atoms with E-state index in [0.717, 1.165) is 38.5 Å². The van der Waals surface area contributed by atoms with E-state index >= 15 is 0 Å². The normalized spacial score (nSPS) is 46.7. The maximum atomic E-state index is 9.32. The summed E-state index contributed by atoms with van der Waals surface area (Å²) < 4.78 is 0. The Hall–Kier alpha value is -0.550. The highest BCUT2D eigenvalue weighted by Gasteiger charge is 2.45. The van der Waals surface area contributed by atoms with Gasteiger partial charge in [-0.2, -0.15) is 5.26 Å². The lowest BCUT2D eigenvalue weighted by Crippen LogP contribution is -2.40. The molecule has 1 N–H and O–H groups in total. The summed E-state index contributed by atoms with van der Waals surface area (Å²) in [5.41, 5.74) is 0.472. The molecule has 0 aliphatic heterocycles. The van der Waals surface area contributed by atoms with Crippen molar-refractivity contribution in [2.45, 2.75) is 44.6 Å². The summed E-state index contributed by atoms with van der Waals surface area (Å²) in [7, 11) is 0. The van der Waals surface area contributed by atoms with E-state index in [0.29, 0.717) is 11.3 Å². The molecule has 0 atom stereocenters. The molecule has 0 aromatic heterocycles. The van der Waals surface area contributed by atoms with Crippen LogP contribution >= 0.6 is 0 Å². The minimum atomic E-state index is -0.0586. The van der Waals surface area contributed by atoms with Crippen molar-refractivity contribution >= 4 is 0 Å². The van der Waals surface area contributed by atoms with Gasteiger partial charge in [0.05, 0.1) is 12.2 Å². The Morgan fingerprint density at radius 1 is 1.25 bits per heavy atom. The molecule has 2 aliphatic carbocycles. The standard InChI is InChI=1S/C10H15NO/c11-7-8-5-10(6-8)3-1-9(12)2-4-10/h8-9,12H,1-6H2. The number of nitriles is 1. The SMILES string of the molecule is N#CC1CC2(CCC(O)CC2)C1. The lowest BCUT2D eigenvalue weighted by molar-refractivity contribution is -0.00774. The third kappa shape index (κ3) is 1.23. The van der Waals surface area contributed by atoms with Gasteiger partial charge in [0.15, 0.2) is 0 Å². The van der Waals surface area contributed by atoms with Crippen LogP contribution in [0.1, 0.15) is 38.5 Å². The molecule has 0 heterocycles. The summed E-state index contributed by atoms with van der Waals surface area (Å²) in [5, 5.41) is 18.0. The zero-order valence-corrected chi connectivity index (χ0v) is 7.29. The lowest BCUT2D eigenvalue weighted by Gasteiger charge is -2.48. The van der Waals surface area contributed by atoms with E-state index in [2.05, 4.69) is 6.07 Å². The molecular formula is C10H15NO. The van der Waals surface area contributed by atoms with Gasteiger partial charge in [0.25, 0.3) is 0 Å². The van der Waals surface area contributed by atoms with Gasteiger partial charge in [0, 0.05) is 5.92 Å². The molecule has 2 rings (SSSR count). The highest BCUT2D eigenvalue weighted by molar-refractivity contribution is 5.04.